The highest BCUT2D eigenvalue weighted by Crippen LogP contribution is 2.69. The minimum absolute atomic E-state index is 0.0536. The predicted molar refractivity (Wildman–Crippen MR) is 210 cm³/mol. The van der Waals surface area contributed by atoms with Gasteiger partial charge in [-0.2, -0.15) is 0 Å². The maximum Gasteiger partial charge on any atom is 0.302 e. The largest absolute Gasteiger partial charge is 0.462 e. The van der Waals surface area contributed by atoms with Crippen molar-refractivity contribution in [3.8, 4) is 0 Å². The Hall–Kier alpha value is -2.47. The summed E-state index contributed by atoms with van der Waals surface area (Å²) in [5.41, 5.74) is 1.69. The van der Waals surface area contributed by atoms with Crippen molar-refractivity contribution in [3.05, 3.63) is 35.5 Å². The maximum atomic E-state index is 12.7. The van der Waals surface area contributed by atoms with Crippen molar-refractivity contribution >= 4 is 50.2 Å². The lowest BCUT2D eigenvalue weighted by Crippen LogP contribution is -2.64. The van der Waals surface area contributed by atoms with Crippen LogP contribution in [0.3, 0.4) is 0 Å². The minimum Gasteiger partial charge on any atom is -0.462 e. The molecule has 0 aliphatic heterocycles. The fourth-order valence-corrected chi connectivity index (χ4v) is 12.8. The maximum absolute atomic E-state index is 12.7. The van der Waals surface area contributed by atoms with E-state index in [2.05, 4.69) is 41.1 Å². The van der Waals surface area contributed by atoms with E-state index in [0.29, 0.717) is 16.9 Å². The molecule has 4 aliphatic rings. The highest BCUT2D eigenvalue weighted by Gasteiger charge is 2.67. The quantitative estimate of drug-likeness (QED) is 0.133. The molecule has 2 aromatic rings. The summed E-state index contributed by atoms with van der Waals surface area (Å²) in [6.07, 6.45) is 11.8. The van der Waals surface area contributed by atoms with Crippen LogP contribution in [0.1, 0.15) is 98.8 Å². The third-order valence-corrected chi connectivity index (χ3v) is 15.1. The zero-order chi connectivity index (χ0) is 38.1. The van der Waals surface area contributed by atoms with Gasteiger partial charge in [-0.1, -0.05) is 32.4 Å². The Morgan fingerprint density at radius 1 is 0.981 bits per heavy atom. The number of carbonyl (C=O) groups excluding carboxylic acids is 2. The van der Waals surface area contributed by atoms with Crippen molar-refractivity contribution in [2.45, 2.75) is 117 Å². The lowest BCUT2D eigenvalue weighted by Gasteiger charge is -2.64. The molecule has 4 saturated carbocycles. The summed E-state index contributed by atoms with van der Waals surface area (Å²) >= 11 is 6.15. The van der Waals surface area contributed by atoms with Gasteiger partial charge in [0.1, 0.15) is 12.2 Å². The molecule has 12 heteroatoms. The van der Waals surface area contributed by atoms with Gasteiger partial charge in [0.2, 0.25) is 10.0 Å². The van der Waals surface area contributed by atoms with Crippen LogP contribution in [-0.4, -0.2) is 69.5 Å². The summed E-state index contributed by atoms with van der Waals surface area (Å²) in [6.45, 7) is 12.9. The molecular formula is C41H61ClN4O6S. The van der Waals surface area contributed by atoms with Crippen molar-refractivity contribution in [2.24, 2.45) is 46.3 Å². The number of sulfonamides is 1. The molecule has 0 radical (unpaired) electrons. The van der Waals surface area contributed by atoms with E-state index >= 15 is 0 Å². The Bertz CT molecular complexity index is 1740. The molecule has 53 heavy (non-hydrogen) atoms. The fraction of sp³-hybridized carbons (Fsp3) is 0.732. The third kappa shape index (κ3) is 8.68. The number of carbonyl (C=O) groups is 2. The Morgan fingerprint density at radius 3 is 2.47 bits per heavy atom. The lowest BCUT2D eigenvalue weighted by molar-refractivity contribution is -0.220. The first-order valence-corrected chi connectivity index (χ1v) is 22.2. The van der Waals surface area contributed by atoms with E-state index in [9.17, 15) is 18.0 Å². The number of nitrogens with zero attached hydrogens (tertiary/aromatic N) is 1. The van der Waals surface area contributed by atoms with E-state index in [1.165, 1.54) is 20.1 Å². The summed E-state index contributed by atoms with van der Waals surface area (Å²) < 4.78 is 39.7. The summed E-state index contributed by atoms with van der Waals surface area (Å²) in [6, 6.07) is 7.68. The normalized spacial score (nSPS) is 34.4. The number of hydrogen-bond acceptors (Lipinski definition) is 9. The van der Waals surface area contributed by atoms with E-state index in [-0.39, 0.29) is 64.7 Å². The van der Waals surface area contributed by atoms with E-state index < -0.39 is 10.0 Å². The zero-order valence-electron chi connectivity index (χ0n) is 32.5. The number of anilines is 1. The SMILES string of the molecule is CC(=O)O[C@H]1C[C@H]2[C@@H]([C@H](OC(C)=O)C[C@@H]3C[C@H](NS(C)(=O)=O)CC[C@@]32C)[C@@H]2CC[C@H]([C@H](C)CCCNCCCNc3ccnc4cc(Cl)ccc34)[C@@]12C. The number of esters is 2. The van der Waals surface area contributed by atoms with Crippen LogP contribution < -0.4 is 15.4 Å². The molecular weight excluding hydrogens is 712 g/mol. The number of ether oxygens (including phenoxy) is 2. The van der Waals surface area contributed by atoms with Gasteiger partial charge in [-0.25, -0.2) is 13.1 Å². The van der Waals surface area contributed by atoms with Gasteiger partial charge in [0.15, 0.2) is 0 Å². The van der Waals surface area contributed by atoms with Crippen LogP contribution in [0.15, 0.2) is 30.5 Å². The first kappa shape index (κ1) is 40.2. The predicted octanol–water partition coefficient (Wildman–Crippen LogP) is 7.36. The van der Waals surface area contributed by atoms with Crippen LogP contribution >= 0.6 is 11.6 Å². The molecule has 1 heterocycles. The topological polar surface area (TPSA) is 136 Å². The molecule has 4 aliphatic carbocycles. The molecule has 4 fully saturated rings. The second-order valence-corrected chi connectivity index (χ2v) is 19.5. The third-order valence-electron chi connectivity index (χ3n) is 14.1. The summed E-state index contributed by atoms with van der Waals surface area (Å²) in [5.74, 6) is 1.23. The molecule has 1 aromatic heterocycles. The van der Waals surface area contributed by atoms with Crippen molar-refractivity contribution in [3.63, 3.8) is 0 Å². The van der Waals surface area contributed by atoms with Crippen molar-refractivity contribution in [1.29, 1.82) is 0 Å². The molecule has 10 nitrogen and oxygen atoms in total. The number of benzene rings is 1. The van der Waals surface area contributed by atoms with Crippen LogP contribution in [-0.2, 0) is 29.1 Å². The molecule has 0 bridgehead atoms. The molecule has 0 spiro atoms. The average Bonchev–Trinajstić information content (AvgIpc) is 3.43. The number of halogens is 1. The minimum atomic E-state index is -3.33. The second-order valence-electron chi connectivity index (χ2n) is 17.3. The van der Waals surface area contributed by atoms with Crippen LogP contribution in [0.5, 0.6) is 0 Å². The summed E-state index contributed by atoms with van der Waals surface area (Å²) in [4.78, 5) is 29.7. The van der Waals surface area contributed by atoms with Crippen LogP contribution in [0.2, 0.25) is 5.02 Å². The van der Waals surface area contributed by atoms with Crippen LogP contribution in [0.4, 0.5) is 5.69 Å². The van der Waals surface area contributed by atoms with Crippen LogP contribution in [0.25, 0.3) is 10.9 Å². The fourth-order valence-electron chi connectivity index (χ4n) is 11.8. The Labute approximate surface area is 321 Å². The van der Waals surface area contributed by atoms with Crippen molar-refractivity contribution in [2.75, 3.05) is 31.2 Å². The van der Waals surface area contributed by atoms with Crippen LogP contribution in [0, 0.1) is 46.3 Å². The number of aromatic nitrogens is 1. The smallest absolute Gasteiger partial charge is 0.302 e. The first-order chi connectivity index (χ1) is 25.1. The summed E-state index contributed by atoms with van der Waals surface area (Å²) in [7, 11) is -3.33. The second kappa shape index (κ2) is 16.3. The van der Waals surface area contributed by atoms with Gasteiger partial charge in [-0.05, 0) is 137 Å². The van der Waals surface area contributed by atoms with E-state index in [1.54, 1.807) is 0 Å². The lowest BCUT2D eigenvalue weighted by atomic mass is 9.43. The average molecular weight is 773 g/mol. The van der Waals surface area contributed by atoms with Gasteiger partial charge < -0.3 is 20.1 Å². The number of fused-ring (bicyclic) bond motifs is 6. The van der Waals surface area contributed by atoms with E-state index in [4.69, 9.17) is 21.1 Å². The van der Waals surface area contributed by atoms with Crippen molar-refractivity contribution in [1.82, 2.24) is 15.0 Å². The summed E-state index contributed by atoms with van der Waals surface area (Å²) in [5, 5.41) is 8.95. The monoisotopic (exact) mass is 772 g/mol. The molecule has 0 unspecified atom stereocenters. The molecule has 294 valence electrons. The molecule has 11 atom stereocenters. The van der Waals surface area contributed by atoms with Gasteiger partial charge in [0.25, 0.3) is 0 Å². The van der Waals surface area contributed by atoms with Crippen molar-refractivity contribution < 1.29 is 27.5 Å². The molecule has 6 rings (SSSR count). The zero-order valence-corrected chi connectivity index (χ0v) is 34.0. The molecule has 1 aromatic carbocycles. The van der Waals surface area contributed by atoms with E-state index in [1.807, 2.05) is 30.5 Å². The molecule has 0 saturated heterocycles. The number of rotatable bonds is 14. The number of nitrogens with one attached hydrogen (secondary N) is 3. The Kier molecular flexibility index (Phi) is 12.4. The van der Waals surface area contributed by atoms with Gasteiger partial charge >= 0.3 is 11.9 Å². The standard InChI is InChI=1S/C41H61ClN4O6S/c1-25(9-7-17-43-18-8-19-44-35-15-20-45-36-23-29(42)10-11-31(35)36)32-12-13-33-39-34(24-38(41(32,33)5)52-27(3)48)40(4)16-14-30(46-53(6,49)50)21-28(40)22-37(39)51-26(2)47/h10-11,15,20,23,25,28,30,32-34,37-39,43,46H,7-9,12-14,16-19,21-22,24H2,1-6H3,(H,44,45)/t25-,28+,30-,32-,33+,34+,37-,38+,39+,40+,41-/m1/s1. The number of hydrogen-bond donors (Lipinski definition) is 3. The van der Waals surface area contributed by atoms with E-state index in [0.717, 1.165) is 100 Å². The molecule has 0 amide bonds. The Morgan fingerprint density at radius 2 is 1.74 bits per heavy atom. The van der Waals surface area contributed by atoms with Gasteiger partial charge in [-0.15, -0.1) is 0 Å². The Balaban J connectivity index is 1.08. The first-order valence-electron chi connectivity index (χ1n) is 19.9. The number of pyridine rings is 1. The van der Waals surface area contributed by atoms with Gasteiger partial charge in [0, 0.05) is 60.1 Å². The molecule has 3 N–H and O–H groups in total. The highest BCUT2D eigenvalue weighted by atomic mass is 35.5. The van der Waals surface area contributed by atoms with Gasteiger partial charge in [0.05, 0.1) is 11.8 Å². The van der Waals surface area contributed by atoms with Gasteiger partial charge in [-0.3, -0.25) is 14.6 Å². The highest BCUT2D eigenvalue weighted by molar-refractivity contribution is 7.88.